The average molecular weight is 369 g/mol. The van der Waals surface area contributed by atoms with Crippen LogP contribution >= 0.6 is 0 Å². The molecule has 5 nitrogen and oxygen atoms in total. The van der Waals surface area contributed by atoms with Crippen LogP contribution in [-0.4, -0.2) is 61.2 Å². The molecule has 2 heterocycles. The van der Waals surface area contributed by atoms with Crippen LogP contribution in [0.2, 0.25) is 0 Å². The Hall–Kier alpha value is -2.11. The fourth-order valence-corrected chi connectivity index (χ4v) is 3.70. The number of pyridine rings is 1. The standard InChI is InChI=1S/C22H32N4O/c1-17(2)16-26-13-11-25(12-14-26)10-9-18-7-8-19(21(15-18)27-3)20-5-4-6-22(23)24-20/h4-8,15,17H,9-14,16H2,1-3H3,(H2,23,24). The lowest BCUT2D eigenvalue weighted by Crippen LogP contribution is -2.47. The quantitative estimate of drug-likeness (QED) is 0.814. The maximum atomic E-state index is 5.82. The fraction of sp³-hybridized carbons (Fsp3) is 0.500. The molecule has 1 aliphatic heterocycles. The van der Waals surface area contributed by atoms with Gasteiger partial charge in [-0.25, -0.2) is 4.98 Å². The third kappa shape index (κ3) is 5.44. The highest BCUT2D eigenvalue weighted by atomic mass is 16.5. The second-order valence-corrected chi connectivity index (χ2v) is 7.77. The largest absolute Gasteiger partial charge is 0.496 e. The Bertz CT molecular complexity index is 739. The molecule has 0 radical (unpaired) electrons. The Morgan fingerprint density at radius 1 is 1.07 bits per heavy atom. The smallest absolute Gasteiger partial charge is 0.128 e. The zero-order chi connectivity index (χ0) is 19.2. The van der Waals surface area contributed by atoms with Crippen molar-refractivity contribution in [2.24, 2.45) is 5.92 Å². The lowest BCUT2D eigenvalue weighted by molar-refractivity contribution is 0.123. The van der Waals surface area contributed by atoms with Gasteiger partial charge in [-0.15, -0.1) is 0 Å². The van der Waals surface area contributed by atoms with Crippen molar-refractivity contribution in [2.45, 2.75) is 20.3 Å². The third-order valence-corrected chi connectivity index (χ3v) is 5.12. The molecule has 2 aromatic rings. The first-order valence-corrected chi connectivity index (χ1v) is 9.89. The summed E-state index contributed by atoms with van der Waals surface area (Å²) in [6, 6.07) is 12.1. The number of nitrogen functional groups attached to an aromatic ring is 1. The first-order chi connectivity index (χ1) is 13.0. The minimum atomic E-state index is 0.523. The zero-order valence-corrected chi connectivity index (χ0v) is 16.8. The third-order valence-electron chi connectivity index (χ3n) is 5.12. The van der Waals surface area contributed by atoms with E-state index in [0.717, 1.165) is 49.0 Å². The van der Waals surface area contributed by atoms with Crippen LogP contribution in [0, 0.1) is 5.92 Å². The number of aromatic nitrogens is 1. The average Bonchev–Trinajstić information content (AvgIpc) is 2.67. The number of rotatable bonds is 7. The van der Waals surface area contributed by atoms with Crippen molar-refractivity contribution in [1.82, 2.24) is 14.8 Å². The summed E-state index contributed by atoms with van der Waals surface area (Å²) in [7, 11) is 1.71. The van der Waals surface area contributed by atoms with Crippen LogP contribution in [0.3, 0.4) is 0 Å². The van der Waals surface area contributed by atoms with Crippen LogP contribution in [-0.2, 0) is 6.42 Å². The molecule has 0 aliphatic carbocycles. The van der Waals surface area contributed by atoms with Crippen LogP contribution < -0.4 is 10.5 Å². The van der Waals surface area contributed by atoms with E-state index in [0.29, 0.717) is 5.82 Å². The van der Waals surface area contributed by atoms with E-state index < -0.39 is 0 Å². The van der Waals surface area contributed by atoms with Gasteiger partial charge in [0.2, 0.25) is 0 Å². The molecule has 27 heavy (non-hydrogen) atoms. The first kappa shape index (κ1) is 19.6. The van der Waals surface area contributed by atoms with E-state index in [4.69, 9.17) is 10.5 Å². The molecule has 1 saturated heterocycles. The molecule has 146 valence electrons. The number of hydrogen-bond acceptors (Lipinski definition) is 5. The van der Waals surface area contributed by atoms with Crippen molar-refractivity contribution >= 4 is 5.82 Å². The number of methoxy groups -OCH3 is 1. The van der Waals surface area contributed by atoms with Gasteiger partial charge in [-0.05, 0) is 42.2 Å². The summed E-state index contributed by atoms with van der Waals surface area (Å²) in [4.78, 5) is 9.56. The molecule has 0 atom stereocenters. The summed E-state index contributed by atoms with van der Waals surface area (Å²) in [5.41, 5.74) is 8.95. The first-order valence-electron chi connectivity index (χ1n) is 9.89. The van der Waals surface area contributed by atoms with Crippen LogP contribution in [0.25, 0.3) is 11.3 Å². The van der Waals surface area contributed by atoms with E-state index in [-0.39, 0.29) is 0 Å². The summed E-state index contributed by atoms with van der Waals surface area (Å²) in [6.45, 7) is 11.6. The Morgan fingerprint density at radius 2 is 1.81 bits per heavy atom. The van der Waals surface area contributed by atoms with Crippen molar-refractivity contribution in [3.8, 4) is 17.0 Å². The van der Waals surface area contributed by atoms with Gasteiger partial charge in [-0.3, -0.25) is 0 Å². The molecule has 1 fully saturated rings. The Morgan fingerprint density at radius 3 is 2.48 bits per heavy atom. The van der Waals surface area contributed by atoms with Gasteiger partial charge in [0.1, 0.15) is 11.6 Å². The van der Waals surface area contributed by atoms with Crippen molar-refractivity contribution < 1.29 is 4.74 Å². The fourth-order valence-electron chi connectivity index (χ4n) is 3.70. The maximum Gasteiger partial charge on any atom is 0.128 e. The van der Waals surface area contributed by atoms with E-state index in [1.165, 1.54) is 25.2 Å². The number of piperazine rings is 1. The molecule has 1 aromatic carbocycles. The molecule has 0 bridgehead atoms. The number of anilines is 1. The summed E-state index contributed by atoms with van der Waals surface area (Å²) in [5, 5.41) is 0. The molecule has 0 saturated carbocycles. The normalized spacial score (nSPS) is 16.0. The van der Waals surface area contributed by atoms with Gasteiger partial charge in [0, 0.05) is 44.8 Å². The minimum absolute atomic E-state index is 0.523. The number of ether oxygens (including phenoxy) is 1. The Balaban J connectivity index is 1.59. The van der Waals surface area contributed by atoms with Crippen LogP contribution in [0.1, 0.15) is 19.4 Å². The zero-order valence-electron chi connectivity index (χ0n) is 16.8. The summed E-state index contributed by atoms with van der Waals surface area (Å²) >= 11 is 0. The predicted octanol–water partition coefficient (Wildman–Crippen LogP) is 3.16. The van der Waals surface area contributed by atoms with Gasteiger partial charge in [-0.2, -0.15) is 0 Å². The summed E-state index contributed by atoms with van der Waals surface area (Å²) < 4.78 is 5.62. The number of nitrogens with zero attached hydrogens (tertiary/aromatic N) is 3. The highest BCUT2D eigenvalue weighted by Crippen LogP contribution is 2.30. The summed E-state index contributed by atoms with van der Waals surface area (Å²) in [5.74, 6) is 2.12. The summed E-state index contributed by atoms with van der Waals surface area (Å²) in [6.07, 6.45) is 1.03. The lowest BCUT2D eigenvalue weighted by atomic mass is 10.0. The van der Waals surface area contributed by atoms with E-state index in [9.17, 15) is 0 Å². The molecule has 0 amide bonds. The van der Waals surface area contributed by atoms with Crippen LogP contribution in [0.4, 0.5) is 5.82 Å². The Labute approximate surface area is 163 Å². The van der Waals surface area contributed by atoms with Gasteiger partial charge >= 0.3 is 0 Å². The molecule has 0 spiro atoms. The van der Waals surface area contributed by atoms with Crippen molar-refractivity contribution in [3.63, 3.8) is 0 Å². The van der Waals surface area contributed by atoms with E-state index >= 15 is 0 Å². The second kappa shape index (κ2) is 9.20. The lowest BCUT2D eigenvalue weighted by Gasteiger charge is -2.35. The molecular formula is C22H32N4O. The highest BCUT2D eigenvalue weighted by Gasteiger charge is 2.17. The Kier molecular flexibility index (Phi) is 6.69. The molecule has 5 heteroatoms. The monoisotopic (exact) mass is 368 g/mol. The van der Waals surface area contributed by atoms with Crippen LogP contribution in [0.5, 0.6) is 5.75 Å². The number of nitrogens with two attached hydrogens (primary N) is 1. The van der Waals surface area contributed by atoms with Gasteiger partial charge in [0.15, 0.2) is 0 Å². The maximum absolute atomic E-state index is 5.82. The number of benzene rings is 1. The van der Waals surface area contributed by atoms with Crippen molar-refractivity contribution in [3.05, 3.63) is 42.0 Å². The van der Waals surface area contributed by atoms with Gasteiger partial charge < -0.3 is 20.3 Å². The second-order valence-electron chi connectivity index (χ2n) is 7.77. The SMILES string of the molecule is COc1cc(CCN2CCN(CC(C)C)CC2)ccc1-c1cccc(N)n1. The highest BCUT2D eigenvalue weighted by molar-refractivity contribution is 5.68. The van der Waals surface area contributed by atoms with E-state index in [2.05, 4.69) is 46.8 Å². The molecule has 2 N–H and O–H groups in total. The minimum Gasteiger partial charge on any atom is -0.496 e. The predicted molar refractivity (Wildman–Crippen MR) is 112 cm³/mol. The molecule has 1 aromatic heterocycles. The van der Waals surface area contributed by atoms with E-state index in [1.807, 2.05) is 12.1 Å². The number of hydrogen-bond donors (Lipinski definition) is 1. The van der Waals surface area contributed by atoms with Gasteiger partial charge in [-0.1, -0.05) is 26.0 Å². The van der Waals surface area contributed by atoms with Gasteiger partial charge in [0.05, 0.1) is 12.8 Å². The van der Waals surface area contributed by atoms with Crippen molar-refractivity contribution in [2.75, 3.05) is 52.1 Å². The molecule has 1 aliphatic rings. The van der Waals surface area contributed by atoms with Crippen molar-refractivity contribution in [1.29, 1.82) is 0 Å². The molecule has 3 rings (SSSR count). The van der Waals surface area contributed by atoms with E-state index in [1.54, 1.807) is 13.2 Å². The molecule has 0 unspecified atom stereocenters. The topological polar surface area (TPSA) is 54.6 Å². The van der Waals surface area contributed by atoms with Gasteiger partial charge in [0.25, 0.3) is 0 Å². The molecular weight excluding hydrogens is 336 g/mol. The van der Waals surface area contributed by atoms with Crippen LogP contribution in [0.15, 0.2) is 36.4 Å².